The van der Waals surface area contributed by atoms with E-state index in [0.29, 0.717) is 0 Å². The molecule has 2 atom stereocenters. The van der Waals surface area contributed by atoms with Gasteiger partial charge in [0.15, 0.2) is 0 Å². The zero-order valence-electron chi connectivity index (χ0n) is 9.80. The minimum atomic E-state index is -0.192. The summed E-state index contributed by atoms with van der Waals surface area (Å²) in [6.07, 6.45) is 2.89. The van der Waals surface area contributed by atoms with Crippen molar-refractivity contribution in [2.75, 3.05) is 20.8 Å². The van der Waals surface area contributed by atoms with Gasteiger partial charge in [0.1, 0.15) is 0 Å². The lowest BCUT2D eigenvalue weighted by molar-refractivity contribution is -0.0327. The van der Waals surface area contributed by atoms with Gasteiger partial charge in [-0.15, -0.1) is 0 Å². The third-order valence-electron chi connectivity index (χ3n) is 2.95. The summed E-state index contributed by atoms with van der Waals surface area (Å²) < 4.78 is 10.5. The van der Waals surface area contributed by atoms with Crippen LogP contribution >= 0.6 is 0 Å². The van der Waals surface area contributed by atoms with Crippen LogP contribution in [0.4, 0.5) is 0 Å². The third kappa shape index (κ3) is 3.92. The summed E-state index contributed by atoms with van der Waals surface area (Å²) in [6, 6.07) is 0.174. The second-order valence-electron chi connectivity index (χ2n) is 3.72. The summed E-state index contributed by atoms with van der Waals surface area (Å²) in [5.41, 5.74) is 2.63. The molecule has 0 aromatic heterocycles. The minimum Gasteiger partial charge on any atom is -0.385 e. The van der Waals surface area contributed by atoms with E-state index >= 15 is 0 Å². The van der Waals surface area contributed by atoms with E-state index in [1.807, 2.05) is 0 Å². The number of ether oxygens (including phenoxy) is 2. The van der Waals surface area contributed by atoms with Crippen molar-refractivity contribution < 1.29 is 9.47 Å². The molecule has 0 saturated heterocycles. The van der Waals surface area contributed by atoms with Crippen molar-refractivity contribution in [3.05, 3.63) is 0 Å². The molecule has 4 nitrogen and oxygen atoms in total. The van der Waals surface area contributed by atoms with Crippen molar-refractivity contribution in [1.29, 1.82) is 0 Å². The van der Waals surface area contributed by atoms with Gasteiger partial charge in [-0.2, -0.15) is 0 Å². The van der Waals surface area contributed by atoms with Crippen LogP contribution in [0.15, 0.2) is 0 Å². The number of nitrogens with two attached hydrogens (primary N) is 1. The van der Waals surface area contributed by atoms with E-state index in [1.54, 1.807) is 14.2 Å². The zero-order valence-corrected chi connectivity index (χ0v) is 9.80. The van der Waals surface area contributed by atoms with Gasteiger partial charge < -0.3 is 9.47 Å². The molecule has 0 aliphatic carbocycles. The van der Waals surface area contributed by atoms with Crippen LogP contribution in [0.1, 0.15) is 33.1 Å². The quantitative estimate of drug-likeness (QED) is 0.353. The molecule has 0 heterocycles. The third-order valence-corrected chi connectivity index (χ3v) is 2.95. The molecule has 2 unspecified atom stereocenters. The van der Waals surface area contributed by atoms with E-state index in [-0.39, 0.29) is 11.6 Å². The van der Waals surface area contributed by atoms with Crippen molar-refractivity contribution in [3.8, 4) is 0 Å². The molecular weight excluding hydrogens is 180 g/mol. The molecule has 3 N–H and O–H groups in total. The van der Waals surface area contributed by atoms with Crippen LogP contribution in [-0.2, 0) is 9.47 Å². The van der Waals surface area contributed by atoms with Crippen molar-refractivity contribution >= 4 is 0 Å². The largest absolute Gasteiger partial charge is 0.385 e. The molecule has 0 spiro atoms. The molecule has 0 aromatic carbocycles. The number of methoxy groups -OCH3 is 2. The lowest BCUT2D eigenvalue weighted by Gasteiger charge is -2.35. The average molecular weight is 204 g/mol. The Morgan fingerprint density at radius 3 is 2.43 bits per heavy atom. The monoisotopic (exact) mass is 204 g/mol. The van der Waals surface area contributed by atoms with Crippen LogP contribution in [0, 0.1) is 0 Å². The first-order chi connectivity index (χ1) is 6.64. The smallest absolute Gasteiger partial charge is 0.0813 e. The fraction of sp³-hybridized carbons (Fsp3) is 1.00. The van der Waals surface area contributed by atoms with Crippen LogP contribution in [0.3, 0.4) is 0 Å². The van der Waals surface area contributed by atoms with Gasteiger partial charge >= 0.3 is 0 Å². The molecule has 0 rings (SSSR count). The highest BCUT2D eigenvalue weighted by molar-refractivity contribution is 4.86. The predicted molar refractivity (Wildman–Crippen MR) is 57.9 cm³/mol. The van der Waals surface area contributed by atoms with E-state index in [2.05, 4.69) is 19.3 Å². The number of hydrogen-bond donors (Lipinski definition) is 2. The Kier molecular flexibility index (Phi) is 7.09. The Labute approximate surface area is 87.1 Å². The highest BCUT2D eigenvalue weighted by Crippen LogP contribution is 2.21. The van der Waals surface area contributed by atoms with Crippen molar-refractivity contribution in [1.82, 2.24) is 5.43 Å². The van der Waals surface area contributed by atoms with E-state index < -0.39 is 0 Å². The lowest BCUT2D eigenvalue weighted by atomic mass is 9.90. The van der Waals surface area contributed by atoms with Gasteiger partial charge in [0.25, 0.3) is 0 Å². The highest BCUT2D eigenvalue weighted by atomic mass is 16.5. The Morgan fingerprint density at radius 2 is 2.07 bits per heavy atom. The Hall–Kier alpha value is -0.160. The minimum absolute atomic E-state index is 0.174. The van der Waals surface area contributed by atoms with Crippen molar-refractivity contribution in [2.45, 2.75) is 44.8 Å². The molecule has 0 aliphatic heterocycles. The maximum atomic E-state index is 5.52. The average Bonchev–Trinajstić information content (AvgIpc) is 2.23. The molecule has 4 heteroatoms. The van der Waals surface area contributed by atoms with Gasteiger partial charge in [-0.1, -0.05) is 6.92 Å². The summed E-state index contributed by atoms with van der Waals surface area (Å²) in [6.45, 7) is 4.94. The fourth-order valence-electron chi connectivity index (χ4n) is 1.53. The second kappa shape index (κ2) is 7.17. The predicted octanol–water partition coefficient (Wildman–Crippen LogP) is 1.06. The summed E-state index contributed by atoms with van der Waals surface area (Å²) in [4.78, 5) is 0. The van der Waals surface area contributed by atoms with Gasteiger partial charge in [0, 0.05) is 26.9 Å². The summed E-state index contributed by atoms with van der Waals surface area (Å²) in [7, 11) is 3.43. The maximum absolute atomic E-state index is 5.52. The first kappa shape index (κ1) is 13.8. The molecular formula is C10H24N2O2. The first-order valence-electron chi connectivity index (χ1n) is 5.14. The van der Waals surface area contributed by atoms with Crippen molar-refractivity contribution in [3.63, 3.8) is 0 Å². The van der Waals surface area contributed by atoms with Gasteiger partial charge in [0.05, 0.1) is 5.60 Å². The van der Waals surface area contributed by atoms with E-state index in [0.717, 1.165) is 25.9 Å². The standard InChI is InChI=1S/C10H24N2O2/c1-5-10(2,14-4)9(12-11)7-6-8-13-3/h9,12H,5-8,11H2,1-4H3. The van der Waals surface area contributed by atoms with Crippen LogP contribution < -0.4 is 11.3 Å². The highest BCUT2D eigenvalue weighted by Gasteiger charge is 2.31. The number of nitrogens with one attached hydrogen (secondary N) is 1. The Balaban J connectivity index is 4.08. The van der Waals surface area contributed by atoms with E-state index in [4.69, 9.17) is 15.3 Å². The molecule has 0 aliphatic rings. The molecule has 0 bridgehead atoms. The molecule has 0 saturated carbocycles. The molecule has 0 fully saturated rings. The van der Waals surface area contributed by atoms with Crippen LogP contribution in [-0.4, -0.2) is 32.5 Å². The first-order valence-corrected chi connectivity index (χ1v) is 5.14. The zero-order chi connectivity index (χ0) is 11.0. The van der Waals surface area contributed by atoms with Crippen LogP contribution in [0.25, 0.3) is 0 Å². The molecule has 0 aromatic rings. The Bertz CT molecular complexity index is 138. The summed E-state index contributed by atoms with van der Waals surface area (Å²) >= 11 is 0. The maximum Gasteiger partial charge on any atom is 0.0813 e. The van der Waals surface area contributed by atoms with E-state index in [9.17, 15) is 0 Å². The normalized spacial score (nSPS) is 17.8. The van der Waals surface area contributed by atoms with Gasteiger partial charge in [-0.25, -0.2) is 0 Å². The van der Waals surface area contributed by atoms with E-state index in [1.165, 1.54) is 0 Å². The number of hydrogen-bond acceptors (Lipinski definition) is 4. The molecule has 86 valence electrons. The SMILES string of the molecule is CCC(C)(OC)C(CCCOC)NN. The van der Waals surface area contributed by atoms with Gasteiger partial charge in [-0.3, -0.25) is 11.3 Å². The summed E-state index contributed by atoms with van der Waals surface area (Å²) in [5, 5.41) is 0. The van der Waals surface area contributed by atoms with Gasteiger partial charge in [0.2, 0.25) is 0 Å². The second-order valence-corrected chi connectivity index (χ2v) is 3.72. The Morgan fingerprint density at radius 1 is 1.43 bits per heavy atom. The molecule has 0 amide bonds. The van der Waals surface area contributed by atoms with Crippen LogP contribution in [0.5, 0.6) is 0 Å². The van der Waals surface area contributed by atoms with Crippen molar-refractivity contribution in [2.24, 2.45) is 5.84 Å². The lowest BCUT2D eigenvalue weighted by Crippen LogP contribution is -2.52. The fourth-order valence-corrected chi connectivity index (χ4v) is 1.53. The summed E-state index contributed by atoms with van der Waals surface area (Å²) in [5.74, 6) is 5.52. The molecule has 0 radical (unpaired) electrons. The van der Waals surface area contributed by atoms with Crippen LogP contribution in [0.2, 0.25) is 0 Å². The number of hydrazine groups is 1. The van der Waals surface area contributed by atoms with Gasteiger partial charge in [-0.05, 0) is 26.2 Å². The number of rotatable bonds is 8. The molecule has 14 heavy (non-hydrogen) atoms. The topological polar surface area (TPSA) is 56.5 Å².